The molecule has 2 atom stereocenters. The molecule has 1 aliphatic heterocycles. The highest BCUT2D eigenvalue weighted by molar-refractivity contribution is 6.30. The molecule has 10 nitrogen and oxygen atoms in total. The van der Waals surface area contributed by atoms with Gasteiger partial charge in [0.1, 0.15) is 11.2 Å². The number of nitrogens with zero attached hydrogens (tertiary/aromatic N) is 6. The third-order valence-electron chi connectivity index (χ3n) is 9.18. The van der Waals surface area contributed by atoms with Gasteiger partial charge >= 0.3 is 5.76 Å². The number of hydrogen-bond acceptors (Lipinski definition) is 8. The number of H-pyrrole nitrogens is 1. The molecule has 1 N–H and O–H groups in total. The van der Waals surface area contributed by atoms with Crippen molar-refractivity contribution in [2.24, 2.45) is 11.8 Å². The third kappa shape index (κ3) is 6.33. The Balaban J connectivity index is 1.55. The van der Waals surface area contributed by atoms with Crippen LogP contribution in [-0.2, 0) is 11.3 Å². The molecule has 1 aromatic carbocycles. The summed E-state index contributed by atoms with van der Waals surface area (Å²) in [6.45, 7) is 10.7. The van der Waals surface area contributed by atoms with Crippen LogP contribution in [0.1, 0.15) is 71.6 Å². The van der Waals surface area contributed by atoms with Crippen LogP contribution in [0.3, 0.4) is 0 Å². The van der Waals surface area contributed by atoms with Crippen molar-refractivity contribution in [2.45, 2.75) is 90.3 Å². The fraction of sp³-hybridized carbons (Fsp3) is 0.545. The first-order chi connectivity index (χ1) is 21.5. The smallest absolute Gasteiger partial charge is 0.374 e. The summed E-state index contributed by atoms with van der Waals surface area (Å²) >= 11 is 6.50. The molecule has 1 saturated heterocycles. The normalized spacial score (nSPS) is 22.5. The summed E-state index contributed by atoms with van der Waals surface area (Å²) in [7, 11) is 0. The standard InChI is InChI=1S/C33H42ClN7O3/c1-4-7-12-25-26(9-5-2)43-18-17-40(25)32-37-29-28(41(32)20-22-15-13-21(6-3)14-16-22)27(23-10-8-11-24(34)19-23)35-30(36-29)31-38-33(42)44-39-31/h6,8,10-11,19,21-22,25-26H,3-5,7,9,12-18,20H2,1-2H3,(H,38,39,42). The second-order valence-electron chi connectivity index (χ2n) is 12.2. The van der Waals surface area contributed by atoms with Gasteiger partial charge in [0.15, 0.2) is 5.65 Å². The minimum Gasteiger partial charge on any atom is -0.374 e. The van der Waals surface area contributed by atoms with Crippen LogP contribution in [0.4, 0.5) is 5.95 Å². The van der Waals surface area contributed by atoms with E-state index in [-0.39, 0.29) is 23.8 Å². The van der Waals surface area contributed by atoms with Crippen LogP contribution in [0.15, 0.2) is 46.2 Å². The Labute approximate surface area is 262 Å². The maximum Gasteiger partial charge on any atom is 0.439 e. The van der Waals surface area contributed by atoms with Crippen LogP contribution < -0.4 is 10.7 Å². The first-order valence-corrected chi connectivity index (χ1v) is 16.5. The predicted molar refractivity (Wildman–Crippen MR) is 173 cm³/mol. The first kappa shape index (κ1) is 30.5. The molecule has 44 heavy (non-hydrogen) atoms. The molecular weight excluding hydrogens is 578 g/mol. The molecule has 3 aromatic heterocycles. The zero-order valence-corrected chi connectivity index (χ0v) is 26.4. The van der Waals surface area contributed by atoms with E-state index in [2.05, 4.69) is 46.1 Å². The van der Waals surface area contributed by atoms with Gasteiger partial charge in [-0.3, -0.25) is 9.51 Å². The Kier molecular flexibility index (Phi) is 9.47. The minimum atomic E-state index is -0.664. The van der Waals surface area contributed by atoms with Crippen LogP contribution in [0.5, 0.6) is 0 Å². The van der Waals surface area contributed by atoms with E-state index in [1.807, 2.05) is 24.3 Å². The predicted octanol–water partition coefficient (Wildman–Crippen LogP) is 7.05. The van der Waals surface area contributed by atoms with E-state index in [1.54, 1.807) is 0 Å². The molecule has 2 aliphatic rings. The van der Waals surface area contributed by atoms with Crippen LogP contribution >= 0.6 is 11.6 Å². The number of anilines is 1. The van der Waals surface area contributed by atoms with E-state index in [0.29, 0.717) is 34.8 Å². The van der Waals surface area contributed by atoms with Gasteiger partial charge in [-0.2, -0.15) is 4.98 Å². The molecular formula is C33H42ClN7O3. The average molecular weight is 620 g/mol. The van der Waals surface area contributed by atoms with Crippen molar-refractivity contribution in [1.29, 1.82) is 0 Å². The van der Waals surface area contributed by atoms with E-state index in [9.17, 15) is 4.79 Å². The summed E-state index contributed by atoms with van der Waals surface area (Å²) in [6.07, 6.45) is 12.1. The number of imidazole rings is 1. The lowest BCUT2D eigenvalue weighted by Crippen LogP contribution is -2.52. The zero-order chi connectivity index (χ0) is 30.6. The van der Waals surface area contributed by atoms with Gasteiger partial charge in [-0.15, -0.1) is 6.58 Å². The number of unbranched alkanes of at least 4 members (excludes halogenated alkanes) is 1. The molecule has 6 rings (SSSR count). The number of rotatable bonds is 11. The molecule has 11 heteroatoms. The number of ether oxygens (including phenoxy) is 1. The molecule has 4 aromatic rings. The molecule has 2 fully saturated rings. The average Bonchev–Trinajstić information content (AvgIpc) is 3.64. The third-order valence-corrected chi connectivity index (χ3v) is 9.41. The highest BCUT2D eigenvalue weighted by Gasteiger charge is 2.36. The van der Waals surface area contributed by atoms with Crippen LogP contribution in [0, 0.1) is 11.8 Å². The highest BCUT2D eigenvalue weighted by Crippen LogP contribution is 2.38. The van der Waals surface area contributed by atoms with Crippen molar-refractivity contribution in [1.82, 2.24) is 29.7 Å². The van der Waals surface area contributed by atoms with E-state index in [0.717, 1.165) is 87.9 Å². The van der Waals surface area contributed by atoms with E-state index in [4.69, 9.17) is 35.8 Å². The van der Waals surface area contributed by atoms with Gasteiger partial charge in [0.25, 0.3) is 0 Å². The molecule has 0 spiro atoms. The largest absolute Gasteiger partial charge is 0.439 e. The maximum atomic E-state index is 11.9. The number of halogens is 1. The van der Waals surface area contributed by atoms with Crippen molar-refractivity contribution < 1.29 is 9.26 Å². The summed E-state index contributed by atoms with van der Waals surface area (Å²) in [6, 6.07) is 7.87. The summed E-state index contributed by atoms with van der Waals surface area (Å²) in [5, 5.41) is 4.49. The lowest BCUT2D eigenvalue weighted by atomic mass is 9.82. The van der Waals surface area contributed by atoms with E-state index in [1.165, 1.54) is 0 Å². The van der Waals surface area contributed by atoms with Gasteiger partial charge in [-0.1, -0.05) is 68.1 Å². The van der Waals surface area contributed by atoms with Crippen molar-refractivity contribution >= 4 is 28.7 Å². The van der Waals surface area contributed by atoms with Crippen LogP contribution in [0.2, 0.25) is 5.02 Å². The monoisotopic (exact) mass is 619 g/mol. The molecule has 1 aliphatic carbocycles. The van der Waals surface area contributed by atoms with Crippen molar-refractivity contribution in [2.75, 3.05) is 18.1 Å². The first-order valence-electron chi connectivity index (χ1n) is 16.1. The summed E-state index contributed by atoms with van der Waals surface area (Å²) < 4.78 is 13.5. The number of aromatic nitrogens is 6. The summed E-state index contributed by atoms with van der Waals surface area (Å²) in [5.41, 5.74) is 2.94. The van der Waals surface area contributed by atoms with E-state index >= 15 is 0 Å². The topological polar surface area (TPSA) is 115 Å². The Morgan fingerprint density at radius 2 is 1.95 bits per heavy atom. The lowest BCUT2D eigenvalue weighted by molar-refractivity contribution is 0.00234. The second-order valence-corrected chi connectivity index (χ2v) is 12.6. The summed E-state index contributed by atoms with van der Waals surface area (Å²) in [5.74, 6) is 1.71. The molecule has 1 saturated carbocycles. The molecule has 0 radical (unpaired) electrons. The van der Waals surface area contributed by atoms with Crippen LogP contribution in [0.25, 0.3) is 34.1 Å². The fourth-order valence-corrected chi connectivity index (χ4v) is 7.08. The van der Waals surface area contributed by atoms with Crippen molar-refractivity contribution in [3.05, 3.63) is 52.5 Å². The Morgan fingerprint density at radius 3 is 2.66 bits per heavy atom. The quantitative estimate of drug-likeness (QED) is 0.178. The van der Waals surface area contributed by atoms with Crippen LogP contribution in [-0.4, -0.2) is 55.0 Å². The fourth-order valence-electron chi connectivity index (χ4n) is 6.89. The second kappa shape index (κ2) is 13.6. The number of aromatic amines is 1. The maximum absolute atomic E-state index is 11.9. The van der Waals surface area contributed by atoms with Crippen molar-refractivity contribution in [3.8, 4) is 22.9 Å². The molecule has 4 heterocycles. The number of allylic oxidation sites excluding steroid dienone is 1. The van der Waals surface area contributed by atoms with E-state index < -0.39 is 5.76 Å². The van der Waals surface area contributed by atoms with Gasteiger partial charge in [0, 0.05) is 23.7 Å². The van der Waals surface area contributed by atoms with Gasteiger partial charge in [-0.25, -0.2) is 14.8 Å². The number of morpholine rings is 1. The highest BCUT2D eigenvalue weighted by atomic mass is 35.5. The molecule has 2 unspecified atom stereocenters. The molecule has 0 amide bonds. The summed E-state index contributed by atoms with van der Waals surface area (Å²) in [4.78, 5) is 32.0. The van der Waals surface area contributed by atoms with Gasteiger partial charge < -0.3 is 14.2 Å². The Bertz CT molecular complexity index is 1640. The SMILES string of the molecule is C=CC1CCC(Cn2c(N3CCOC(CCC)C3CCCC)nc3nc(-c4noc(=O)[nH]4)nc(-c4cccc(Cl)c4)c32)CC1. The molecule has 0 bridgehead atoms. The Morgan fingerprint density at radius 1 is 1.11 bits per heavy atom. The van der Waals surface area contributed by atoms with Gasteiger partial charge in [-0.05, 0) is 62.5 Å². The Hall–Kier alpha value is -3.50. The van der Waals surface area contributed by atoms with Gasteiger partial charge in [0.2, 0.25) is 17.6 Å². The zero-order valence-electron chi connectivity index (χ0n) is 25.7. The number of fused-ring (bicyclic) bond motifs is 1. The van der Waals surface area contributed by atoms with Gasteiger partial charge in [0.05, 0.1) is 18.8 Å². The number of hydrogen-bond donors (Lipinski definition) is 1. The molecule has 234 valence electrons. The van der Waals surface area contributed by atoms with Crippen molar-refractivity contribution in [3.63, 3.8) is 0 Å². The lowest BCUT2D eigenvalue weighted by Gasteiger charge is -2.42. The minimum absolute atomic E-state index is 0.144. The number of nitrogens with one attached hydrogen (secondary N) is 1. The number of benzene rings is 1.